The van der Waals surface area contributed by atoms with Gasteiger partial charge in [0.2, 0.25) is 11.8 Å². The molecule has 0 aliphatic rings. The molecule has 1 N–H and O–H groups in total. The summed E-state index contributed by atoms with van der Waals surface area (Å²) in [5.74, 6) is -1.52. The summed E-state index contributed by atoms with van der Waals surface area (Å²) in [6, 6.07) is 24.3. The summed E-state index contributed by atoms with van der Waals surface area (Å²) in [6.45, 7) is 3.35. The summed E-state index contributed by atoms with van der Waals surface area (Å²) in [7, 11) is -4.34. The van der Waals surface area contributed by atoms with E-state index in [4.69, 9.17) is 23.2 Å². The molecule has 2 amide bonds. The molecule has 4 aromatic carbocycles. The van der Waals surface area contributed by atoms with E-state index in [1.807, 2.05) is 44.2 Å². The molecule has 4 aromatic rings. The first-order chi connectivity index (χ1) is 21.5. The van der Waals surface area contributed by atoms with Crippen LogP contribution in [-0.2, 0) is 32.6 Å². The van der Waals surface area contributed by atoms with Crippen molar-refractivity contribution in [3.63, 3.8) is 0 Å². The number of carbonyl (C=O) groups excluding carboxylic acids is 2. The van der Waals surface area contributed by atoms with Crippen molar-refractivity contribution >= 4 is 50.7 Å². The highest BCUT2D eigenvalue weighted by Gasteiger charge is 2.35. The van der Waals surface area contributed by atoms with E-state index in [9.17, 15) is 22.4 Å². The number of halogens is 3. The standard InChI is InChI=1S/C34H34Cl2FN3O4S/c1-3-19-38-34(42)32(20-25-7-5-4-6-8-25)39(22-26-11-14-28(37)15-12-26)33(41)23-40(31-21-27(35)13-18-30(31)36)45(43,44)29-16-9-24(2)10-17-29/h4-18,21,32H,3,19-20,22-23H2,1-2H3,(H,38,42)/t32-/m0/s1. The molecular formula is C34H34Cl2FN3O4S. The normalized spacial score (nSPS) is 11.9. The maximum Gasteiger partial charge on any atom is 0.264 e. The van der Waals surface area contributed by atoms with Crippen LogP contribution in [0, 0.1) is 12.7 Å². The van der Waals surface area contributed by atoms with Crippen molar-refractivity contribution < 1.29 is 22.4 Å². The highest BCUT2D eigenvalue weighted by atomic mass is 35.5. The molecule has 0 aliphatic heterocycles. The molecule has 0 saturated heterocycles. The molecule has 45 heavy (non-hydrogen) atoms. The van der Waals surface area contributed by atoms with Crippen LogP contribution in [0.4, 0.5) is 10.1 Å². The fraction of sp³-hybridized carbons (Fsp3) is 0.235. The second kappa shape index (κ2) is 15.4. The van der Waals surface area contributed by atoms with Crippen LogP contribution in [0.15, 0.2) is 102 Å². The van der Waals surface area contributed by atoms with Crippen molar-refractivity contribution in [2.24, 2.45) is 0 Å². The monoisotopic (exact) mass is 669 g/mol. The number of nitrogens with one attached hydrogen (secondary N) is 1. The van der Waals surface area contributed by atoms with Crippen molar-refractivity contribution in [2.45, 2.75) is 44.2 Å². The number of sulfonamides is 1. The molecule has 0 fully saturated rings. The number of aryl methyl sites for hydroxylation is 1. The van der Waals surface area contributed by atoms with E-state index in [1.165, 1.54) is 59.5 Å². The molecular weight excluding hydrogens is 636 g/mol. The smallest absolute Gasteiger partial charge is 0.264 e. The molecule has 0 aliphatic carbocycles. The summed E-state index contributed by atoms with van der Waals surface area (Å²) in [5, 5.41) is 3.16. The fourth-order valence-corrected chi connectivity index (χ4v) is 6.60. The number of rotatable bonds is 13. The zero-order valence-electron chi connectivity index (χ0n) is 24.9. The van der Waals surface area contributed by atoms with Gasteiger partial charge in [-0.2, -0.15) is 0 Å². The first-order valence-corrected chi connectivity index (χ1v) is 16.6. The Labute approximate surface area is 273 Å². The summed E-state index contributed by atoms with van der Waals surface area (Å²) in [5.41, 5.74) is 2.22. The lowest BCUT2D eigenvalue weighted by atomic mass is 10.0. The van der Waals surface area contributed by atoms with E-state index in [-0.39, 0.29) is 33.6 Å². The Morgan fingerprint density at radius 2 is 1.56 bits per heavy atom. The number of hydrogen-bond donors (Lipinski definition) is 1. The molecule has 0 bridgehead atoms. The predicted molar refractivity (Wildman–Crippen MR) is 176 cm³/mol. The first-order valence-electron chi connectivity index (χ1n) is 14.4. The summed E-state index contributed by atoms with van der Waals surface area (Å²) in [4.78, 5) is 29.4. The number of hydrogen-bond acceptors (Lipinski definition) is 4. The van der Waals surface area contributed by atoms with E-state index in [0.29, 0.717) is 18.5 Å². The highest BCUT2D eigenvalue weighted by molar-refractivity contribution is 7.92. The van der Waals surface area contributed by atoms with E-state index in [0.717, 1.165) is 15.4 Å². The lowest BCUT2D eigenvalue weighted by Crippen LogP contribution is -2.53. The minimum absolute atomic E-state index is 0.00914. The van der Waals surface area contributed by atoms with Gasteiger partial charge in [0.05, 0.1) is 15.6 Å². The number of anilines is 1. The summed E-state index contributed by atoms with van der Waals surface area (Å²) < 4.78 is 43.0. The largest absolute Gasteiger partial charge is 0.354 e. The maximum atomic E-state index is 14.4. The van der Waals surface area contributed by atoms with Crippen molar-refractivity contribution in [1.82, 2.24) is 10.2 Å². The third kappa shape index (κ3) is 8.84. The molecule has 1 atom stereocenters. The topological polar surface area (TPSA) is 86.8 Å². The van der Waals surface area contributed by atoms with Crippen molar-refractivity contribution in [3.05, 3.63) is 130 Å². The van der Waals surface area contributed by atoms with E-state index in [2.05, 4.69) is 5.32 Å². The molecule has 7 nitrogen and oxygen atoms in total. The molecule has 0 saturated carbocycles. The van der Waals surface area contributed by atoms with Crippen LogP contribution in [0.5, 0.6) is 0 Å². The van der Waals surface area contributed by atoms with Crippen LogP contribution in [0.3, 0.4) is 0 Å². The minimum atomic E-state index is -4.34. The second-order valence-corrected chi connectivity index (χ2v) is 13.3. The lowest BCUT2D eigenvalue weighted by Gasteiger charge is -2.34. The highest BCUT2D eigenvalue weighted by Crippen LogP contribution is 2.33. The van der Waals surface area contributed by atoms with Gasteiger partial charge in [0.25, 0.3) is 10.0 Å². The predicted octanol–water partition coefficient (Wildman–Crippen LogP) is 6.80. The Morgan fingerprint density at radius 1 is 0.889 bits per heavy atom. The van der Waals surface area contributed by atoms with E-state index >= 15 is 0 Å². The first kappa shape index (κ1) is 34.0. The average molecular weight is 671 g/mol. The fourth-order valence-electron chi connectivity index (χ4n) is 4.73. The Morgan fingerprint density at radius 3 is 2.20 bits per heavy atom. The average Bonchev–Trinajstić information content (AvgIpc) is 3.03. The molecule has 11 heteroatoms. The number of nitrogens with zero attached hydrogens (tertiary/aromatic N) is 2. The van der Waals surface area contributed by atoms with Gasteiger partial charge in [-0.25, -0.2) is 12.8 Å². The Bertz CT molecular complexity index is 1720. The van der Waals surface area contributed by atoms with Crippen LogP contribution in [0.25, 0.3) is 0 Å². The van der Waals surface area contributed by atoms with E-state index in [1.54, 1.807) is 12.1 Å². The lowest BCUT2D eigenvalue weighted by molar-refractivity contribution is -0.140. The van der Waals surface area contributed by atoms with Crippen LogP contribution < -0.4 is 9.62 Å². The third-order valence-electron chi connectivity index (χ3n) is 7.15. The number of carbonyl (C=O) groups is 2. The van der Waals surface area contributed by atoms with Crippen molar-refractivity contribution in [2.75, 3.05) is 17.4 Å². The molecule has 0 unspecified atom stereocenters. The zero-order valence-corrected chi connectivity index (χ0v) is 27.2. The van der Waals surface area contributed by atoms with Gasteiger partial charge >= 0.3 is 0 Å². The number of benzene rings is 4. The summed E-state index contributed by atoms with van der Waals surface area (Å²) >= 11 is 12.8. The van der Waals surface area contributed by atoms with Gasteiger partial charge in [-0.1, -0.05) is 90.3 Å². The molecule has 0 aromatic heterocycles. The van der Waals surface area contributed by atoms with Crippen LogP contribution in [0.1, 0.15) is 30.0 Å². The van der Waals surface area contributed by atoms with Gasteiger partial charge in [-0.15, -0.1) is 0 Å². The van der Waals surface area contributed by atoms with Gasteiger partial charge in [-0.05, 0) is 66.9 Å². The SMILES string of the molecule is CCCNC(=O)[C@H](Cc1ccccc1)N(Cc1ccc(F)cc1)C(=O)CN(c1cc(Cl)ccc1Cl)S(=O)(=O)c1ccc(C)cc1. The van der Waals surface area contributed by atoms with Crippen LogP contribution >= 0.6 is 23.2 Å². The van der Waals surface area contributed by atoms with Gasteiger partial charge < -0.3 is 10.2 Å². The second-order valence-electron chi connectivity index (χ2n) is 10.6. The maximum absolute atomic E-state index is 14.4. The van der Waals surface area contributed by atoms with Crippen molar-refractivity contribution in [1.29, 1.82) is 0 Å². The van der Waals surface area contributed by atoms with Crippen LogP contribution in [-0.4, -0.2) is 44.3 Å². The van der Waals surface area contributed by atoms with Crippen LogP contribution in [0.2, 0.25) is 10.0 Å². The minimum Gasteiger partial charge on any atom is -0.354 e. The zero-order chi connectivity index (χ0) is 32.6. The Kier molecular flexibility index (Phi) is 11.6. The molecule has 236 valence electrons. The molecule has 0 heterocycles. The molecule has 4 rings (SSSR count). The van der Waals surface area contributed by atoms with Gasteiger partial charge in [0, 0.05) is 24.5 Å². The Balaban J connectivity index is 1.82. The van der Waals surface area contributed by atoms with Gasteiger partial charge in [0.1, 0.15) is 18.4 Å². The quantitative estimate of drug-likeness (QED) is 0.170. The molecule has 0 radical (unpaired) electrons. The van der Waals surface area contributed by atoms with E-state index < -0.39 is 40.2 Å². The molecule has 0 spiro atoms. The van der Waals surface area contributed by atoms with Crippen molar-refractivity contribution in [3.8, 4) is 0 Å². The van der Waals surface area contributed by atoms with Gasteiger partial charge in [-0.3, -0.25) is 13.9 Å². The third-order valence-corrected chi connectivity index (χ3v) is 9.48. The summed E-state index contributed by atoms with van der Waals surface area (Å²) in [6.07, 6.45) is 0.831. The Hall–Kier alpha value is -3.92. The van der Waals surface area contributed by atoms with Gasteiger partial charge in [0.15, 0.2) is 0 Å². The number of amides is 2.